The molecular formula is C16H18N2O2. The summed E-state index contributed by atoms with van der Waals surface area (Å²) in [6, 6.07) is 15.0. The molecule has 20 heavy (non-hydrogen) atoms. The molecule has 0 bridgehead atoms. The molecule has 0 heterocycles. The molecule has 2 N–H and O–H groups in total. The van der Waals surface area contributed by atoms with Gasteiger partial charge in [-0.05, 0) is 31.0 Å². The van der Waals surface area contributed by atoms with Crippen LogP contribution in [0.4, 0.5) is 5.69 Å². The summed E-state index contributed by atoms with van der Waals surface area (Å²) in [5.41, 5.74) is 9.31. The Morgan fingerprint density at radius 1 is 1.20 bits per heavy atom. The first-order chi connectivity index (χ1) is 9.60. The highest BCUT2D eigenvalue weighted by Gasteiger charge is 2.13. The SMILES string of the molecule is Cc1cccc(C(CN)Cc2cccc([N+](=O)[O-])c2)c1. The normalized spacial score (nSPS) is 12.1. The number of aryl methyl sites for hydroxylation is 1. The van der Waals surface area contributed by atoms with Crippen LogP contribution in [-0.4, -0.2) is 11.5 Å². The Balaban J connectivity index is 2.22. The van der Waals surface area contributed by atoms with Crippen molar-refractivity contribution in [3.63, 3.8) is 0 Å². The molecule has 0 spiro atoms. The number of nitro groups is 1. The highest BCUT2D eigenvalue weighted by atomic mass is 16.6. The first-order valence-electron chi connectivity index (χ1n) is 6.60. The third kappa shape index (κ3) is 3.42. The Bertz CT molecular complexity index is 611. The number of hydrogen-bond donors (Lipinski definition) is 1. The van der Waals surface area contributed by atoms with Crippen molar-refractivity contribution >= 4 is 5.69 Å². The summed E-state index contributed by atoms with van der Waals surface area (Å²) in [4.78, 5) is 10.4. The first-order valence-corrected chi connectivity index (χ1v) is 6.60. The van der Waals surface area contributed by atoms with Crippen molar-refractivity contribution in [1.29, 1.82) is 0 Å². The third-order valence-electron chi connectivity index (χ3n) is 3.40. The number of benzene rings is 2. The van der Waals surface area contributed by atoms with Gasteiger partial charge in [0.25, 0.3) is 5.69 Å². The molecule has 2 rings (SSSR count). The van der Waals surface area contributed by atoms with Crippen LogP contribution in [0.25, 0.3) is 0 Å². The molecule has 4 heteroatoms. The van der Waals surface area contributed by atoms with Gasteiger partial charge in [0, 0.05) is 18.1 Å². The highest BCUT2D eigenvalue weighted by molar-refractivity contribution is 5.36. The monoisotopic (exact) mass is 270 g/mol. The van der Waals surface area contributed by atoms with Gasteiger partial charge in [-0.1, -0.05) is 42.0 Å². The summed E-state index contributed by atoms with van der Waals surface area (Å²) in [7, 11) is 0. The predicted molar refractivity (Wildman–Crippen MR) is 79.8 cm³/mol. The zero-order valence-corrected chi connectivity index (χ0v) is 11.5. The van der Waals surface area contributed by atoms with E-state index in [1.54, 1.807) is 12.1 Å². The molecule has 2 aromatic rings. The van der Waals surface area contributed by atoms with Crippen molar-refractivity contribution in [2.45, 2.75) is 19.3 Å². The minimum atomic E-state index is -0.367. The van der Waals surface area contributed by atoms with Gasteiger partial charge in [-0.25, -0.2) is 0 Å². The van der Waals surface area contributed by atoms with Crippen LogP contribution in [0.2, 0.25) is 0 Å². The lowest BCUT2D eigenvalue weighted by Gasteiger charge is -2.16. The first kappa shape index (κ1) is 14.2. The molecule has 2 aromatic carbocycles. The molecule has 0 fully saturated rings. The molecule has 1 unspecified atom stereocenters. The Hall–Kier alpha value is -2.20. The summed E-state index contributed by atoms with van der Waals surface area (Å²) in [6.07, 6.45) is 0.710. The van der Waals surface area contributed by atoms with E-state index in [-0.39, 0.29) is 16.5 Å². The largest absolute Gasteiger partial charge is 0.330 e. The summed E-state index contributed by atoms with van der Waals surface area (Å²) < 4.78 is 0. The van der Waals surface area contributed by atoms with Crippen molar-refractivity contribution in [2.24, 2.45) is 5.73 Å². The summed E-state index contributed by atoms with van der Waals surface area (Å²) >= 11 is 0. The molecule has 0 radical (unpaired) electrons. The number of nitro benzene ring substituents is 1. The molecule has 0 aromatic heterocycles. The van der Waals surface area contributed by atoms with Crippen molar-refractivity contribution in [3.05, 3.63) is 75.3 Å². The number of nitrogens with zero attached hydrogens (tertiary/aromatic N) is 1. The fourth-order valence-electron chi connectivity index (χ4n) is 2.34. The maximum absolute atomic E-state index is 10.8. The molecular weight excluding hydrogens is 252 g/mol. The predicted octanol–water partition coefficient (Wildman–Crippen LogP) is 3.19. The second-order valence-corrected chi connectivity index (χ2v) is 4.98. The molecule has 0 aliphatic rings. The van der Waals surface area contributed by atoms with Crippen LogP contribution in [0.15, 0.2) is 48.5 Å². The van der Waals surface area contributed by atoms with E-state index in [0.29, 0.717) is 13.0 Å². The van der Waals surface area contributed by atoms with Gasteiger partial charge in [-0.3, -0.25) is 10.1 Å². The summed E-state index contributed by atoms with van der Waals surface area (Å²) in [5, 5.41) is 10.8. The molecule has 1 atom stereocenters. The molecule has 104 valence electrons. The Morgan fingerprint density at radius 3 is 2.60 bits per heavy atom. The van der Waals surface area contributed by atoms with E-state index in [1.165, 1.54) is 17.2 Å². The lowest BCUT2D eigenvalue weighted by Crippen LogP contribution is -2.15. The van der Waals surface area contributed by atoms with Gasteiger partial charge in [-0.2, -0.15) is 0 Å². The van der Waals surface area contributed by atoms with E-state index < -0.39 is 0 Å². The van der Waals surface area contributed by atoms with E-state index in [4.69, 9.17) is 5.73 Å². The molecule has 0 aliphatic carbocycles. The second kappa shape index (κ2) is 6.30. The van der Waals surface area contributed by atoms with Crippen LogP contribution in [-0.2, 0) is 6.42 Å². The van der Waals surface area contributed by atoms with E-state index in [9.17, 15) is 10.1 Å². The molecule has 0 amide bonds. The van der Waals surface area contributed by atoms with Crippen molar-refractivity contribution in [2.75, 3.05) is 6.54 Å². The Labute approximate surface area is 118 Å². The summed E-state index contributed by atoms with van der Waals surface area (Å²) in [5.74, 6) is 0.178. The van der Waals surface area contributed by atoms with Gasteiger partial charge < -0.3 is 5.73 Å². The van der Waals surface area contributed by atoms with Gasteiger partial charge in [0.05, 0.1) is 4.92 Å². The van der Waals surface area contributed by atoms with E-state index in [2.05, 4.69) is 12.1 Å². The standard InChI is InChI=1S/C16H18N2O2/c1-12-4-2-6-14(8-12)15(11-17)9-13-5-3-7-16(10-13)18(19)20/h2-8,10,15H,9,11,17H2,1H3. The van der Waals surface area contributed by atoms with Crippen LogP contribution in [0.5, 0.6) is 0 Å². The van der Waals surface area contributed by atoms with Crippen LogP contribution in [0, 0.1) is 17.0 Å². The van der Waals surface area contributed by atoms with E-state index in [0.717, 1.165) is 5.56 Å². The van der Waals surface area contributed by atoms with Crippen molar-refractivity contribution in [1.82, 2.24) is 0 Å². The number of hydrogen-bond acceptors (Lipinski definition) is 3. The second-order valence-electron chi connectivity index (χ2n) is 4.98. The fourth-order valence-corrected chi connectivity index (χ4v) is 2.34. The van der Waals surface area contributed by atoms with Gasteiger partial charge in [0.15, 0.2) is 0 Å². The van der Waals surface area contributed by atoms with Crippen LogP contribution in [0.1, 0.15) is 22.6 Å². The molecule has 0 aliphatic heterocycles. The number of non-ortho nitro benzene ring substituents is 1. The smallest absolute Gasteiger partial charge is 0.269 e. The zero-order chi connectivity index (χ0) is 14.5. The number of rotatable bonds is 5. The van der Waals surface area contributed by atoms with Crippen LogP contribution >= 0.6 is 0 Å². The lowest BCUT2D eigenvalue weighted by molar-refractivity contribution is -0.384. The van der Waals surface area contributed by atoms with E-state index >= 15 is 0 Å². The van der Waals surface area contributed by atoms with Gasteiger partial charge in [-0.15, -0.1) is 0 Å². The summed E-state index contributed by atoms with van der Waals surface area (Å²) in [6.45, 7) is 2.57. The van der Waals surface area contributed by atoms with Crippen LogP contribution < -0.4 is 5.73 Å². The maximum atomic E-state index is 10.8. The van der Waals surface area contributed by atoms with Gasteiger partial charge >= 0.3 is 0 Å². The topological polar surface area (TPSA) is 69.2 Å². The average Bonchev–Trinajstić information content (AvgIpc) is 2.45. The fraction of sp³-hybridized carbons (Fsp3) is 0.250. The Kier molecular flexibility index (Phi) is 4.48. The lowest BCUT2D eigenvalue weighted by atomic mass is 9.91. The molecule has 4 nitrogen and oxygen atoms in total. The van der Waals surface area contributed by atoms with Gasteiger partial charge in [0.2, 0.25) is 0 Å². The number of nitrogens with two attached hydrogens (primary N) is 1. The highest BCUT2D eigenvalue weighted by Crippen LogP contribution is 2.23. The quantitative estimate of drug-likeness (QED) is 0.670. The zero-order valence-electron chi connectivity index (χ0n) is 11.5. The maximum Gasteiger partial charge on any atom is 0.269 e. The third-order valence-corrected chi connectivity index (χ3v) is 3.40. The molecule has 0 saturated carbocycles. The molecule has 0 saturated heterocycles. The van der Waals surface area contributed by atoms with E-state index in [1.807, 2.05) is 25.1 Å². The van der Waals surface area contributed by atoms with Crippen molar-refractivity contribution < 1.29 is 4.92 Å². The van der Waals surface area contributed by atoms with Crippen LogP contribution in [0.3, 0.4) is 0 Å². The Morgan fingerprint density at radius 2 is 1.95 bits per heavy atom. The average molecular weight is 270 g/mol. The minimum Gasteiger partial charge on any atom is -0.330 e. The van der Waals surface area contributed by atoms with Crippen molar-refractivity contribution in [3.8, 4) is 0 Å². The minimum absolute atomic E-state index is 0.127. The van der Waals surface area contributed by atoms with Gasteiger partial charge in [0.1, 0.15) is 0 Å².